The summed E-state index contributed by atoms with van der Waals surface area (Å²) in [5.41, 5.74) is 1.40. The first kappa shape index (κ1) is 25.3. The molecule has 7 nitrogen and oxygen atoms in total. The third-order valence-electron chi connectivity index (χ3n) is 5.01. The van der Waals surface area contributed by atoms with Crippen LogP contribution in [0.1, 0.15) is 30.9 Å². The second kappa shape index (κ2) is 10.7. The molecule has 0 bridgehead atoms. The zero-order chi connectivity index (χ0) is 24.2. The molecule has 0 radical (unpaired) electrons. The third-order valence-corrected chi connectivity index (χ3v) is 8.56. The molecular weight excluding hydrogens is 486 g/mol. The van der Waals surface area contributed by atoms with Gasteiger partial charge in [-0.25, -0.2) is 17.9 Å². The molecular formula is C23H26ClNO6S2. The molecule has 1 aromatic heterocycles. The van der Waals surface area contributed by atoms with Crippen LogP contribution in [0.5, 0.6) is 11.5 Å². The van der Waals surface area contributed by atoms with Crippen molar-refractivity contribution >= 4 is 49.0 Å². The highest BCUT2D eigenvalue weighted by molar-refractivity contribution is 7.91. The molecule has 0 aliphatic carbocycles. The topological polar surface area (TPSA) is 102 Å². The van der Waals surface area contributed by atoms with E-state index in [-0.39, 0.29) is 16.9 Å². The Kier molecular flexibility index (Phi) is 8.23. The van der Waals surface area contributed by atoms with Gasteiger partial charge in [0.05, 0.1) is 0 Å². The van der Waals surface area contributed by atoms with E-state index in [0.29, 0.717) is 28.5 Å². The van der Waals surface area contributed by atoms with Gasteiger partial charge in [0, 0.05) is 16.3 Å². The molecule has 2 aromatic carbocycles. The Hall–Kier alpha value is -2.33. The van der Waals surface area contributed by atoms with Gasteiger partial charge >= 0.3 is 5.97 Å². The molecule has 2 N–H and O–H groups in total. The van der Waals surface area contributed by atoms with Gasteiger partial charge < -0.3 is 14.6 Å². The number of aliphatic carboxylic acids is 1. The van der Waals surface area contributed by atoms with Crippen LogP contribution in [0.4, 0.5) is 0 Å². The second-order valence-electron chi connectivity index (χ2n) is 7.65. The van der Waals surface area contributed by atoms with E-state index >= 15 is 0 Å². The Morgan fingerprint density at radius 3 is 2.64 bits per heavy atom. The fourth-order valence-electron chi connectivity index (χ4n) is 3.41. The minimum Gasteiger partial charge on any atom is -0.489 e. The largest absolute Gasteiger partial charge is 0.489 e. The van der Waals surface area contributed by atoms with E-state index in [0.717, 1.165) is 22.1 Å². The monoisotopic (exact) mass is 511 g/mol. The summed E-state index contributed by atoms with van der Waals surface area (Å²) in [6.45, 7) is 5.25. The number of hydrogen-bond donors (Lipinski definition) is 2. The van der Waals surface area contributed by atoms with Crippen molar-refractivity contribution in [3.05, 3.63) is 52.5 Å². The van der Waals surface area contributed by atoms with Crippen LogP contribution in [0.25, 0.3) is 10.1 Å². The summed E-state index contributed by atoms with van der Waals surface area (Å²) >= 11 is 7.28. The predicted octanol–water partition coefficient (Wildman–Crippen LogP) is 5.16. The van der Waals surface area contributed by atoms with Crippen molar-refractivity contribution in [2.75, 3.05) is 13.2 Å². The highest BCUT2D eigenvalue weighted by Gasteiger charge is 2.23. The minimum atomic E-state index is -3.73. The van der Waals surface area contributed by atoms with Gasteiger partial charge in [0.2, 0.25) is 10.0 Å². The Balaban J connectivity index is 1.72. The van der Waals surface area contributed by atoms with Crippen molar-refractivity contribution in [1.82, 2.24) is 4.72 Å². The number of benzene rings is 2. The van der Waals surface area contributed by atoms with Crippen LogP contribution < -0.4 is 14.2 Å². The van der Waals surface area contributed by atoms with Gasteiger partial charge in [0.25, 0.3) is 0 Å². The molecule has 0 aliphatic heterocycles. The van der Waals surface area contributed by atoms with Crippen LogP contribution in [0.2, 0.25) is 5.02 Å². The van der Waals surface area contributed by atoms with E-state index < -0.39 is 22.6 Å². The maximum Gasteiger partial charge on any atom is 0.341 e. The summed E-state index contributed by atoms with van der Waals surface area (Å²) in [6.07, 6.45) is 1.09. The maximum atomic E-state index is 13.0. The Morgan fingerprint density at radius 2 is 1.97 bits per heavy atom. The minimum absolute atomic E-state index is 0.112. The van der Waals surface area contributed by atoms with Gasteiger partial charge in [-0.2, -0.15) is 0 Å². The standard InChI is InChI=1S/C23H26ClNO6S2/c1-4-5-18(31-17-7-8-20(14(2)10-17)30-13-22(26)27)12-25-33(28,29)23-15(3)19-11-16(24)6-9-21(19)32-23/h6-11,18,25H,4-5,12-13H2,1-3H3,(H,26,27). The van der Waals surface area contributed by atoms with Gasteiger partial charge in [-0.1, -0.05) is 24.9 Å². The molecule has 0 spiro atoms. The van der Waals surface area contributed by atoms with E-state index in [1.807, 2.05) is 13.0 Å². The highest BCUT2D eigenvalue weighted by atomic mass is 35.5. The SMILES string of the molecule is CCCC(CNS(=O)(=O)c1sc2ccc(Cl)cc2c1C)Oc1ccc(OCC(=O)O)c(C)c1. The summed E-state index contributed by atoms with van der Waals surface area (Å²) < 4.78 is 41.2. The molecule has 1 atom stereocenters. The smallest absolute Gasteiger partial charge is 0.341 e. The molecule has 0 fully saturated rings. The van der Waals surface area contributed by atoms with Gasteiger partial charge in [-0.15, -0.1) is 11.3 Å². The van der Waals surface area contributed by atoms with Gasteiger partial charge in [-0.05, 0) is 73.2 Å². The number of nitrogens with one attached hydrogen (secondary N) is 1. The van der Waals surface area contributed by atoms with Crippen molar-refractivity contribution in [2.45, 2.75) is 43.9 Å². The number of aryl methyl sites for hydroxylation is 2. The Morgan fingerprint density at radius 1 is 1.21 bits per heavy atom. The molecule has 0 amide bonds. The first-order valence-electron chi connectivity index (χ1n) is 10.4. The van der Waals surface area contributed by atoms with Crippen LogP contribution in [-0.4, -0.2) is 38.7 Å². The van der Waals surface area contributed by atoms with Gasteiger partial charge in [0.15, 0.2) is 6.61 Å². The van der Waals surface area contributed by atoms with Crippen LogP contribution in [0, 0.1) is 13.8 Å². The quantitative estimate of drug-likeness (QED) is 0.368. The fourth-order valence-corrected chi connectivity index (χ4v) is 6.44. The van der Waals surface area contributed by atoms with Crippen LogP contribution in [0.15, 0.2) is 40.6 Å². The predicted molar refractivity (Wildman–Crippen MR) is 130 cm³/mol. The second-order valence-corrected chi connectivity index (χ2v) is 11.1. The van der Waals surface area contributed by atoms with Crippen molar-refractivity contribution in [3.8, 4) is 11.5 Å². The highest BCUT2D eigenvalue weighted by Crippen LogP contribution is 2.35. The third kappa shape index (κ3) is 6.38. The van der Waals surface area contributed by atoms with Crippen molar-refractivity contribution in [3.63, 3.8) is 0 Å². The van der Waals surface area contributed by atoms with E-state index in [2.05, 4.69) is 4.72 Å². The number of ether oxygens (including phenoxy) is 2. The molecule has 178 valence electrons. The normalized spacial score (nSPS) is 12.6. The average Bonchev–Trinajstić information content (AvgIpc) is 3.08. The van der Waals surface area contributed by atoms with Crippen molar-refractivity contribution in [1.29, 1.82) is 0 Å². The molecule has 1 unspecified atom stereocenters. The van der Waals surface area contributed by atoms with E-state index in [1.165, 1.54) is 11.3 Å². The number of carbonyl (C=O) groups is 1. The summed E-state index contributed by atoms with van der Waals surface area (Å²) in [5.74, 6) is -0.0414. The zero-order valence-corrected chi connectivity index (χ0v) is 20.9. The fraction of sp³-hybridized carbons (Fsp3) is 0.348. The van der Waals surface area contributed by atoms with Crippen molar-refractivity contribution in [2.24, 2.45) is 0 Å². The summed E-state index contributed by atoms with van der Waals surface area (Å²) in [7, 11) is -3.73. The molecule has 0 aliphatic rings. The van der Waals surface area contributed by atoms with Crippen molar-refractivity contribution < 1.29 is 27.8 Å². The maximum absolute atomic E-state index is 13.0. The first-order valence-corrected chi connectivity index (χ1v) is 13.1. The lowest BCUT2D eigenvalue weighted by Crippen LogP contribution is -2.35. The number of sulfonamides is 1. The molecule has 3 aromatic rings. The van der Waals surface area contributed by atoms with E-state index in [4.69, 9.17) is 26.2 Å². The molecule has 0 saturated carbocycles. The number of hydrogen-bond acceptors (Lipinski definition) is 6. The van der Waals surface area contributed by atoms with Crippen LogP contribution >= 0.6 is 22.9 Å². The Labute approximate surface area is 202 Å². The number of rotatable bonds is 11. The average molecular weight is 512 g/mol. The zero-order valence-electron chi connectivity index (χ0n) is 18.6. The lowest BCUT2D eigenvalue weighted by molar-refractivity contribution is -0.139. The first-order chi connectivity index (χ1) is 15.6. The number of thiophene rings is 1. The van der Waals surface area contributed by atoms with E-state index in [9.17, 15) is 13.2 Å². The molecule has 1 heterocycles. The number of halogens is 1. The van der Waals surface area contributed by atoms with Gasteiger partial charge in [0.1, 0.15) is 21.8 Å². The number of carboxylic acid groups (broad SMARTS) is 1. The summed E-state index contributed by atoms with van der Waals surface area (Å²) in [6, 6.07) is 10.4. The molecule has 33 heavy (non-hydrogen) atoms. The summed E-state index contributed by atoms with van der Waals surface area (Å²) in [5, 5.41) is 10.2. The van der Waals surface area contributed by atoms with Crippen LogP contribution in [-0.2, 0) is 14.8 Å². The Bertz CT molecular complexity index is 1260. The summed E-state index contributed by atoms with van der Waals surface area (Å²) in [4.78, 5) is 10.7. The van der Waals surface area contributed by atoms with Gasteiger partial charge in [-0.3, -0.25) is 0 Å². The lowest BCUT2D eigenvalue weighted by atomic mass is 10.2. The van der Waals surface area contributed by atoms with E-state index in [1.54, 1.807) is 44.2 Å². The van der Waals surface area contributed by atoms with Crippen LogP contribution in [0.3, 0.4) is 0 Å². The number of fused-ring (bicyclic) bond motifs is 1. The molecule has 10 heteroatoms. The number of carboxylic acids is 1. The molecule has 3 rings (SSSR count). The lowest BCUT2D eigenvalue weighted by Gasteiger charge is -2.20. The molecule has 0 saturated heterocycles.